The summed E-state index contributed by atoms with van der Waals surface area (Å²) in [7, 11) is -3.38. The second kappa shape index (κ2) is 7.54. The van der Waals surface area contributed by atoms with Crippen molar-refractivity contribution in [2.45, 2.75) is 31.6 Å². The molecule has 1 aliphatic heterocycles. The summed E-state index contributed by atoms with van der Waals surface area (Å²) in [6.45, 7) is 2.97. The van der Waals surface area contributed by atoms with Crippen LogP contribution < -0.4 is 5.73 Å². The fraction of sp³-hybridized carbons (Fsp3) is 0.571. The van der Waals surface area contributed by atoms with Crippen LogP contribution in [0, 0.1) is 11.7 Å². The largest absolute Gasteiger partial charge is 0.328 e. The van der Waals surface area contributed by atoms with Crippen LogP contribution in [0.4, 0.5) is 4.39 Å². The highest BCUT2D eigenvalue weighted by Gasteiger charge is 2.29. The lowest BCUT2D eigenvalue weighted by Gasteiger charge is -2.32. The lowest BCUT2D eigenvalue weighted by molar-refractivity contribution is 0.250. The van der Waals surface area contributed by atoms with Crippen molar-refractivity contribution in [3.05, 3.63) is 35.6 Å². The van der Waals surface area contributed by atoms with Crippen LogP contribution in [0.1, 0.15) is 25.3 Å². The van der Waals surface area contributed by atoms with Crippen LogP contribution in [0.5, 0.6) is 0 Å². The molecular weight excluding hydrogens is 315 g/mol. The van der Waals surface area contributed by atoms with Crippen LogP contribution in [0.25, 0.3) is 0 Å². The number of nitrogens with two attached hydrogens (primary N) is 1. The maximum Gasteiger partial charge on any atom is 0.218 e. The molecule has 0 saturated carbocycles. The molecule has 120 valence electrons. The maximum atomic E-state index is 13.1. The molecule has 2 N–H and O–H groups in total. The summed E-state index contributed by atoms with van der Waals surface area (Å²) < 4.78 is 39.2. The molecule has 1 aromatic rings. The van der Waals surface area contributed by atoms with Gasteiger partial charge in [0.2, 0.25) is 10.0 Å². The van der Waals surface area contributed by atoms with Crippen LogP contribution in [0.15, 0.2) is 24.3 Å². The SMILES string of the molecule is CC(N)C1CCN(S(=O)(=O)Cc2cccc(F)c2)CC1.Cl. The van der Waals surface area contributed by atoms with E-state index in [1.807, 2.05) is 6.92 Å². The Hall–Kier alpha value is -0.690. The van der Waals surface area contributed by atoms with Crippen LogP contribution in [-0.4, -0.2) is 31.9 Å². The van der Waals surface area contributed by atoms with Gasteiger partial charge in [-0.05, 0) is 43.4 Å². The molecule has 1 saturated heterocycles. The predicted molar refractivity (Wildman–Crippen MR) is 84.2 cm³/mol. The number of nitrogens with zero attached hydrogens (tertiary/aromatic N) is 1. The average molecular weight is 337 g/mol. The van der Waals surface area contributed by atoms with Gasteiger partial charge in [0.05, 0.1) is 5.75 Å². The highest BCUT2D eigenvalue weighted by Crippen LogP contribution is 2.23. The maximum absolute atomic E-state index is 13.1. The van der Waals surface area contributed by atoms with E-state index in [9.17, 15) is 12.8 Å². The zero-order valence-electron chi connectivity index (χ0n) is 12.0. The summed E-state index contributed by atoms with van der Waals surface area (Å²) in [5, 5.41) is 0. The van der Waals surface area contributed by atoms with E-state index >= 15 is 0 Å². The minimum atomic E-state index is -3.38. The third-order valence-electron chi connectivity index (χ3n) is 3.87. The molecule has 0 aromatic heterocycles. The number of benzene rings is 1. The Morgan fingerprint density at radius 2 is 2.00 bits per heavy atom. The van der Waals surface area contributed by atoms with Crippen LogP contribution in [-0.2, 0) is 15.8 Å². The van der Waals surface area contributed by atoms with Crippen molar-refractivity contribution in [2.24, 2.45) is 11.7 Å². The summed E-state index contributed by atoms with van der Waals surface area (Å²) in [5.41, 5.74) is 6.34. The van der Waals surface area contributed by atoms with E-state index in [4.69, 9.17) is 5.73 Å². The Balaban J connectivity index is 0.00000220. The summed E-state index contributed by atoms with van der Waals surface area (Å²) in [6, 6.07) is 5.84. The molecule has 0 amide bonds. The second-order valence-electron chi connectivity index (χ2n) is 5.48. The van der Waals surface area contributed by atoms with Gasteiger partial charge in [0, 0.05) is 19.1 Å². The third kappa shape index (κ3) is 4.92. The zero-order chi connectivity index (χ0) is 14.8. The van der Waals surface area contributed by atoms with Gasteiger partial charge in [-0.3, -0.25) is 0 Å². The lowest BCUT2D eigenvalue weighted by Crippen LogP contribution is -2.42. The number of sulfonamides is 1. The van der Waals surface area contributed by atoms with Gasteiger partial charge in [0.25, 0.3) is 0 Å². The van der Waals surface area contributed by atoms with Crippen LogP contribution in [0.3, 0.4) is 0 Å². The number of rotatable bonds is 4. The fourth-order valence-corrected chi connectivity index (χ4v) is 4.16. The van der Waals surface area contributed by atoms with Gasteiger partial charge in [-0.15, -0.1) is 12.4 Å². The number of hydrogen-bond donors (Lipinski definition) is 1. The van der Waals surface area contributed by atoms with Crippen molar-refractivity contribution < 1.29 is 12.8 Å². The minimum Gasteiger partial charge on any atom is -0.328 e. The van der Waals surface area contributed by atoms with E-state index in [0.29, 0.717) is 24.6 Å². The first kappa shape index (κ1) is 18.4. The molecule has 1 fully saturated rings. The van der Waals surface area contributed by atoms with Gasteiger partial charge in [0.1, 0.15) is 5.82 Å². The van der Waals surface area contributed by atoms with Crippen LogP contribution in [0.2, 0.25) is 0 Å². The molecule has 1 heterocycles. The molecule has 1 atom stereocenters. The monoisotopic (exact) mass is 336 g/mol. The van der Waals surface area contributed by atoms with E-state index in [0.717, 1.165) is 12.8 Å². The standard InChI is InChI=1S/C14H21FN2O2S.ClH/c1-11(16)13-5-7-17(8-6-13)20(18,19)10-12-3-2-4-14(15)9-12;/h2-4,9,11,13H,5-8,10,16H2,1H3;1H. The Labute approximate surface area is 132 Å². The van der Waals surface area contributed by atoms with Crippen molar-refractivity contribution in [2.75, 3.05) is 13.1 Å². The second-order valence-corrected chi connectivity index (χ2v) is 7.45. The van der Waals surface area contributed by atoms with Gasteiger partial charge >= 0.3 is 0 Å². The lowest BCUT2D eigenvalue weighted by atomic mass is 9.92. The molecule has 0 spiro atoms. The Bertz CT molecular complexity index is 558. The Morgan fingerprint density at radius 1 is 1.38 bits per heavy atom. The average Bonchev–Trinajstić information content (AvgIpc) is 2.38. The highest BCUT2D eigenvalue weighted by molar-refractivity contribution is 7.88. The smallest absolute Gasteiger partial charge is 0.218 e. The molecule has 2 rings (SSSR count). The first-order chi connectivity index (χ1) is 9.38. The highest BCUT2D eigenvalue weighted by atomic mass is 35.5. The summed E-state index contributed by atoms with van der Waals surface area (Å²) in [5.74, 6) is -0.169. The predicted octanol–water partition coefficient (Wildman–Crippen LogP) is 2.14. The Morgan fingerprint density at radius 3 is 2.52 bits per heavy atom. The van der Waals surface area contributed by atoms with Gasteiger partial charge in [-0.2, -0.15) is 0 Å². The van der Waals surface area contributed by atoms with E-state index in [-0.39, 0.29) is 24.2 Å². The zero-order valence-corrected chi connectivity index (χ0v) is 13.7. The molecule has 7 heteroatoms. The molecule has 0 radical (unpaired) electrons. The van der Waals surface area contributed by atoms with Crippen molar-refractivity contribution in [3.63, 3.8) is 0 Å². The molecular formula is C14H22ClFN2O2S. The van der Waals surface area contributed by atoms with Gasteiger partial charge in [-0.25, -0.2) is 17.1 Å². The molecule has 1 aromatic carbocycles. The van der Waals surface area contributed by atoms with E-state index in [1.54, 1.807) is 6.07 Å². The van der Waals surface area contributed by atoms with E-state index in [2.05, 4.69) is 0 Å². The van der Waals surface area contributed by atoms with E-state index < -0.39 is 15.8 Å². The summed E-state index contributed by atoms with van der Waals surface area (Å²) in [4.78, 5) is 0. The van der Waals surface area contributed by atoms with Crippen molar-refractivity contribution in [1.82, 2.24) is 4.31 Å². The molecule has 1 unspecified atom stereocenters. The minimum absolute atomic E-state index is 0. The number of piperidine rings is 1. The van der Waals surface area contributed by atoms with Crippen molar-refractivity contribution in [3.8, 4) is 0 Å². The number of hydrogen-bond acceptors (Lipinski definition) is 3. The summed E-state index contributed by atoms with van der Waals surface area (Å²) >= 11 is 0. The third-order valence-corrected chi connectivity index (χ3v) is 5.72. The van der Waals surface area contributed by atoms with E-state index in [1.165, 1.54) is 22.5 Å². The van der Waals surface area contributed by atoms with Crippen molar-refractivity contribution in [1.29, 1.82) is 0 Å². The van der Waals surface area contributed by atoms with Crippen molar-refractivity contribution >= 4 is 22.4 Å². The fourth-order valence-electron chi connectivity index (χ4n) is 2.61. The van der Waals surface area contributed by atoms with Crippen LogP contribution >= 0.6 is 12.4 Å². The first-order valence-electron chi connectivity index (χ1n) is 6.86. The quantitative estimate of drug-likeness (QED) is 0.916. The topological polar surface area (TPSA) is 63.4 Å². The normalized spacial score (nSPS) is 19.0. The Kier molecular flexibility index (Phi) is 6.59. The molecule has 4 nitrogen and oxygen atoms in total. The molecule has 21 heavy (non-hydrogen) atoms. The van der Waals surface area contributed by atoms with Gasteiger partial charge in [0.15, 0.2) is 0 Å². The van der Waals surface area contributed by atoms with Gasteiger partial charge in [-0.1, -0.05) is 12.1 Å². The molecule has 0 aliphatic carbocycles. The molecule has 1 aliphatic rings. The summed E-state index contributed by atoms with van der Waals surface area (Å²) in [6.07, 6.45) is 1.58. The number of halogens is 2. The first-order valence-corrected chi connectivity index (χ1v) is 8.47. The van der Waals surface area contributed by atoms with Gasteiger partial charge < -0.3 is 5.73 Å². The molecule has 0 bridgehead atoms.